The van der Waals surface area contributed by atoms with Gasteiger partial charge in [0.15, 0.2) is 11.5 Å². The zero-order valence-corrected chi connectivity index (χ0v) is 19.6. The Morgan fingerprint density at radius 3 is 2.55 bits per heavy atom. The molecule has 2 aromatic carbocycles. The second-order valence-corrected chi connectivity index (χ2v) is 7.78. The number of aryl methyl sites for hydroxylation is 1. The Morgan fingerprint density at radius 1 is 1.13 bits per heavy atom. The van der Waals surface area contributed by atoms with Crippen LogP contribution in [0.1, 0.15) is 48.2 Å². The Bertz CT molecular complexity index is 930. The first kappa shape index (κ1) is 24.5. The molecule has 168 valence electrons. The van der Waals surface area contributed by atoms with Gasteiger partial charge in [0.05, 0.1) is 24.8 Å². The van der Waals surface area contributed by atoms with Crippen LogP contribution in [0.2, 0.25) is 5.02 Å². The van der Waals surface area contributed by atoms with Gasteiger partial charge in [-0.15, -0.1) is 0 Å². The summed E-state index contributed by atoms with van der Waals surface area (Å²) < 4.78 is 11.4. The summed E-state index contributed by atoms with van der Waals surface area (Å²) in [5.41, 5.74) is 3.15. The van der Waals surface area contributed by atoms with Gasteiger partial charge in [-0.05, 0) is 56.5 Å². The number of carbonyl (C=O) groups is 2. The van der Waals surface area contributed by atoms with E-state index in [1.807, 2.05) is 39.0 Å². The predicted octanol–water partition coefficient (Wildman–Crippen LogP) is 5.25. The Kier molecular flexibility index (Phi) is 9.19. The van der Waals surface area contributed by atoms with Crippen LogP contribution in [0.4, 0.5) is 5.69 Å². The highest BCUT2D eigenvalue weighted by Gasteiger charge is 2.20. The normalized spacial score (nSPS) is 10.5. The highest BCUT2D eigenvalue weighted by atomic mass is 35.5. The monoisotopic (exact) mass is 446 g/mol. The lowest BCUT2D eigenvalue weighted by Crippen LogP contribution is -2.35. The van der Waals surface area contributed by atoms with Crippen LogP contribution in [0.25, 0.3) is 0 Å². The molecule has 0 aliphatic carbocycles. The summed E-state index contributed by atoms with van der Waals surface area (Å²) in [5, 5.41) is 3.17. The minimum absolute atomic E-state index is 0.0947. The first-order valence-corrected chi connectivity index (χ1v) is 10.9. The molecule has 0 saturated heterocycles. The molecule has 1 N–H and O–H groups in total. The quantitative estimate of drug-likeness (QED) is 0.506. The number of ether oxygens (including phenoxy) is 2. The van der Waals surface area contributed by atoms with Crippen molar-refractivity contribution < 1.29 is 19.1 Å². The number of likely N-dealkylation sites (N-methyl/N-ethyl adjacent to an activating group) is 1. The average molecular weight is 447 g/mol. The first-order chi connectivity index (χ1) is 14.8. The van der Waals surface area contributed by atoms with E-state index in [4.69, 9.17) is 21.1 Å². The van der Waals surface area contributed by atoms with Crippen LogP contribution in [0.5, 0.6) is 11.5 Å². The van der Waals surface area contributed by atoms with Gasteiger partial charge in [0, 0.05) is 18.3 Å². The molecule has 0 aliphatic heterocycles. The van der Waals surface area contributed by atoms with Crippen molar-refractivity contribution in [3.8, 4) is 11.5 Å². The Morgan fingerprint density at radius 2 is 1.87 bits per heavy atom. The third kappa shape index (κ3) is 6.62. The summed E-state index contributed by atoms with van der Waals surface area (Å²) in [6.07, 6.45) is 1.88. The highest BCUT2D eigenvalue weighted by molar-refractivity contribution is 6.32. The van der Waals surface area contributed by atoms with E-state index in [2.05, 4.69) is 12.2 Å². The lowest BCUT2D eigenvalue weighted by molar-refractivity contribution is -0.116. The molecule has 2 rings (SSSR count). The number of hydrogen-bond donors (Lipinski definition) is 1. The first-order valence-electron chi connectivity index (χ1n) is 10.5. The van der Waals surface area contributed by atoms with Gasteiger partial charge in [-0.25, -0.2) is 0 Å². The summed E-state index contributed by atoms with van der Waals surface area (Å²) in [4.78, 5) is 26.8. The van der Waals surface area contributed by atoms with E-state index in [0.29, 0.717) is 35.3 Å². The zero-order valence-electron chi connectivity index (χ0n) is 18.9. The molecule has 2 amide bonds. The summed E-state index contributed by atoms with van der Waals surface area (Å²) >= 11 is 6.39. The van der Waals surface area contributed by atoms with Crippen LogP contribution >= 0.6 is 11.6 Å². The van der Waals surface area contributed by atoms with Crippen molar-refractivity contribution in [3.05, 3.63) is 52.0 Å². The third-order valence-corrected chi connectivity index (χ3v) is 5.19. The molecule has 0 bridgehead atoms. The van der Waals surface area contributed by atoms with E-state index in [9.17, 15) is 9.59 Å². The molecule has 0 radical (unpaired) electrons. The predicted molar refractivity (Wildman–Crippen MR) is 125 cm³/mol. The van der Waals surface area contributed by atoms with E-state index < -0.39 is 0 Å². The molecule has 6 nitrogen and oxygen atoms in total. The van der Waals surface area contributed by atoms with E-state index in [1.54, 1.807) is 19.2 Å². The number of carbonyl (C=O) groups excluding carboxylic acids is 2. The van der Waals surface area contributed by atoms with E-state index in [0.717, 1.165) is 29.7 Å². The molecule has 7 heteroatoms. The molecule has 0 atom stereocenters. The fourth-order valence-electron chi connectivity index (χ4n) is 3.00. The molecule has 0 fully saturated rings. The topological polar surface area (TPSA) is 67.9 Å². The third-order valence-electron chi connectivity index (χ3n) is 4.91. The molecular formula is C24H31ClN2O4. The Labute approximate surface area is 189 Å². The number of nitrogens with one attached hydrogen (secondary N) is 1. The molecule has 0 saturated carbocycles. The number of benzene rings is 2. The second-order valence-electron chi connectivity index (χ2n) is 7.38. The zero-order chi connectivity index (χ0) is 23.0. The molecule has 31 heavy (non-hydrogen) atoms. The van der Waals surface area contributed by atoms with Crippen molar-refractivity contribution in [2.24, 2.45) is 0 Å². The number of anilines is 1. The molecule has 0 heterocycles. The lowest BCUT2D eigenvalue weighted by atomic mass is 10.1. The van der Waals surface area contributed by atoms with Gasteiger partial charge >= 0.3 is 0 Å². The summed E-state index contributed by atoms with van der Waals surface area (Å²) in [7, 11) is 1.57. The molecule has 0 unspecified atom stereocenters. The Balaban J connectivity index is 2.13. The van der Waals surface area contributed by atoms with Gasteiger partial charge in [-0.3, -0.25) is 9.59 Å². The lowest BCUT2D eigenvalue weighted by Gasteiger charge is -2.19. The van der Waals surface area contributed by atoms with E-state index in [-0.39, 0.29) is 18.4 Å². The summed E-state index contributed by atoms with van der Waals surface area (Å²) in [6, 6.07) is 8.86. The smallest absolute Gasteiger partial charge is 0.254 e. The van der Waals surface area contributed by atoms with Crippen molar-refractivity contribution >= 4 is 29.1 Å². The molecule has 0 aliphatic rings. The van der Waals surface area contributed by atoms with Crippen LogP contribution in [-0.4, -0.2) is 43.5 Å². The van der Waals surface area contributed by atoms with Gasteiger partial charge in [0.2, 0.25) is 5.91 Å². The van der Waals surface area contributed by atoms with E-state index >= 15 is 0 Å². The van der Waals surface area contributed by atoms with Crippen LogP contribution in [0.15, 0.2) is 30.3 Å². The number of halogens is 1. The van der Waals surface area contributed by atoms with Gasteiger partial charge in [-0.1, -0.05) is 37.1 Å². The van der Waals surface area contributed by atoms with Gasteiger partial charge in [0.1, 0.15) is 0 Å². The standard InChI is InChI=1S/C24H31ClN2O4/c1-6-8-12-31-23-19(25)13-18(14-21(23)30-7-2)24(29)27(5)15-22(28)26-20-11-9-10-16(3)17(20)4/h9-11,13-14H,6-8,12,15H2,1-5H3,(H,26,28). The van der Waals surface area contributed by atoms with Gasteiger partial charge in [-0.2, -0.15) is 0 Å². The number of nitrogens with zero attached hydrogens (tertiary/aromatic N) is 1. The summed E-state index contributed by atoms with van der Waals surface area (Å²) in [5.74, 6) is 0.241. The van der Waals surface area contributed by atoms with Crippen LogP contribution in [0.3, 0.4) is 0 Å². The fourth-order valence-corrected chi connectivity index (χ4v) is 3.26. The van der Waals surface area contributed by atoms with E-state index in [1.165, 1.54) is 4.90 Å². The minimum atomic E-state index is -0.334. The maximum absolute atomic E-state index is 12.9. The van der Waals surface area contributed by atoms with Crippen molar-refractivity contribution in [1.29, 1.82) is 0 Å². The van der Waals surface area contributed by atoms with Gasteiger partial charge in [0.25, 0.3) is 5.91 Å². The number of hydrogen-bond acceptors (Lipinski definition) is 4. The fraction of sp³-hybridized carbons (Fsp3) is 0.417. The van der Waals surface area contributed by atoms with Crippen LogP contribution < -0.4 is 14.8 Å². The van der Waals surface area contributed by atoms with Crippen molar-refractivity contribution in [3.63, 3.8) is 0 Å². The summed E-state index contributed by atoms with van der Waals surface area (Å²) in [6.45, 7) is 8.68. The van der Waals surface area contributed by atoms with Crippen LogP contribution in [-0.2, 0) is 4.79 Å². The molecule has 2 aromatic rings. The largest absolute Gasteiger partial charge is 0.490 e. The highest BCUT2D eigenvalue weighted by Crippen LogP contribution is 2.37. The molecule has 0 aromatic heterocycles. The van der Waals surface area contributed by atoms with Crippen LogP contribution in [0, 0.1) is 13.8 Å². The maximum atomic E-state index is 12.9. The number of rotatable bonds is 10. The number of unbranched alkanes of at least 4 members (excludes halogenated alkanes) is 1. The van der Waals surface area contributed by atoms with Crippen molar-refractivity contribution in [2.75, 3.05) is 32.1 Å². The van der Waals surface area contributed by atoms with Crippen molar-refractivity contribution in [2.45, 2.75) is 40.5 Å². The number of amides is 2. The average Bonchev–Trinajstić information content (AvgIpc) is 2.72. The van der Waals surface area contributed by atoms with Gasteiger partial charge < -0.3 is 19.7 Å². The maximum Gasteiger partial charge on any atom is 0.254 e. The molecule has 0 spiro atoms. The minimum Gasteiger partial charge on any atom is -0.490 e. The SMILES string of the molecule is CCCCOc1c(Cl)cc(C(=O)N(C)CC(=O)Nc2cccc(C)c2C)cc1OCC. The molecular weight excluding hydrogens is 416 g/mol. The second kappa shape index (κ2) is 11.6. The Hall–Kier alpha value is -2.73. The van der Waals surface area contributed by atoms with Crippen molar-refractivity contribution in [1.82, 2.24) is 4.90 Å².